The zero-order valence-corrected chi connectivity index (χ0v) is 11.1. The van der Waals surface area contributed by atoms with Crippen LogP contribution in [0.25, 0.3) is 0 Å². The number of nitrogens with one attached hydrogen (secondary N) is 1. The standard InChI is InChI=1S/C12H12N4O2S/c1-2-16-8-12(14-9-16)19(17,18)15-11-6-4-3-5-10(11)7-13/h3-6,8-9,15H,2H2,1H3. The first kappa shape index (κ1) is 13.1. The van der Waals surface area contributed by atoms with E-state index in [1.807, 2.05) is 13.0 Å². The van der Waals surface area contributed by atoms with Gasteiger partial charge in [-0.2, -0.15) is 13.7 Å². The Bertz CT molecular complexity index is 728. The Kier molecular flexibility index (Phi) is 3.53. The molecule has 6 nitrogen and oxygen atoms in total. The summed E-state index contributed by atoms with van der Waals surface area (Å²) in [5, 5.41) is 8.86. The van der Waals surface area contributed by atoms with Gasteiger partial charge in [0, 0.05) is 12.7 Å². The number of imidazole rings is 1. The van der Waals surface area contributed by atoms with Gasteiger partial charge in [0.25, 0.3) is 10.0 Å². The molecule has 0 spiro atoms. The van der Waals surface area contributed by atoms with Crippen molar-refractivity contribution in [3.05, 3.63) is 42.4 Å². The second-order valence-corrected chi connectivity index (χ2v) is 5.43. The Hall–Kier alpha value is -2.33. The largest absolute Gasteiger partial charge is 0.336 e. The topological polar surface area (TPSA) is 87.8 Å². The monoisotopic (exact) mass is 276 g/mol. The third kappa shape index (κ3) is 2.74. The van der Waals surface area contributed by atoms with Crippen molar-refractivity contribution < 1.29 is 8.42 Å². The lowest BCUT2D eigenvalue weighted by molar-refractivity contribution is 0.598. The van der Waals surface area contributed by atoms with Crippen molar-refractivity contribution >= 4 is 15.7 Å². The average molecular weight is 276 g/mol. The molecule has 0 saturated carbocycles. The van der Waals surface area contributed by atoms with Crippen LogP contribution in [0.3, 0.4) is 0 Å². The molecule has 0 atom stereocenters. The van der Waals surface area contributed by atoms with Gasteiger partial charge in [0.1, 0.15) is 6.07 Å². The molecule has 2 aromatic rings. The molecule has 1 aromatic heterocycles. The minimum atomic E-state index is -3.77. The Balaban J connectivity index is 2.34. The van der Waals surface area contributed by atoms with E-state index in [1.165, 1.54) is 18.6 Å². The molecule has 1 heterocycles. The lowest BCUT2D eigenvalue weighted by atomic mass is 10.2. The number of nitriles is 1. The number of benzene rings is 1. The van der Waals surface area contributed by atoms with Gasteiger partial charge in [-0.15, -0.1) is 0 Å². The zero-order valence-electron chi connectivity index (χ0n) is 10.2. The summed E-state index contributed by atoms with van der Waals surface area (Å²) < 4.78 is 28.2. The molecule has 7 heteroatoms. The predicted octanol–water partition coefficient (Wildman–Crippen LogP) is 1.58. The molecule has 0 radical (unpaired) electrons. The Morgan fingerprint density at radius 1 is 1.42 bits per heavy atom. The molecule has 0 aliphatic heterocycles. The Morgan fingerprint density at radius 2 is 2.16 bits per heavy atom. The van der Waals surface area contributed by atoms with E-state index in [-0.39, 0.29) is 16.3 Å². The number of sulfonamides is 1. The predicted molar refractivity (Wildman–Crippen MR) is 69.9 cm³/mol. The van der Waals surface area contributed by atoms with Crippen LogP contribution in [0.1, 0.15) is 12.5 Å². The molecule has 0 fully saturated rings. The maximum atomic E-state index is 12.1. The van der Waals surface area contributed by atoms with Crippen LogP contribution in [0.15, 0.2) is 41.8 Å². The second-order valence-electron chi connectivity index (χ2n) is 3.81. The fraction of sp³-hybridized carbons (Fsp3) is 0.167. The van der Waals surface area contributed by atoms with E-state index in [9.17, 15) is 8.42 Å². The van der Waals surface area contributed by atoms with E-state index in [1.54, 1.807) is 22.8 Å². The van der Waals surface area contributed by atoms with Gasteiger partial charge in [-0.1, -0.05) is 12.1 Å². The second kappa shape index (κ2) is 5.12. The summed E-state index contributed by atoms with van der Waals surface area (Å²) in [5.74, 6) is 0. The van der Waals surface area contributed by atoms with E-state index in [2.05, 4.69) is 9.71 Å². The minimum absolute atomic E-state index is 0.0675. The van der Waals surface area contributed by atoms with Crippen molar-refractivity contribution in [2.75, 3.05) is 4.72 Å². The van der Waals surface area contributed by atoms with Crippen molar-refractivity contribution in [2.45, 2.75) is 18.5 Å². The maximum Gasteiger partial charge on any atom is 0.280 e. The number of anilines is 1. The Labute approximate surface area is 111 Å². The fourth-order valence-electron chi connectivity index (χ4n) is 1.52. The van der Waals surface area contributed by atoms with Crippen molar-refractivity contribution in [1.82, 2.24) is 9.55 Å². The molecule has 0 saturated heterocycles. The number of hydrogen-bond acceptors (Lipinski definition) is 4. The number of para-hydroxylation sites is 1. The van der Waals surface area contributed by atoms with Gasteiger partial charge in [0.05, 0.1) is 17.6 Å². The normalized spacial score (nSPS) is 10.9. The first-order valence-corrected chi connectivity index (χ1v) is 7.09. The summed E-state index contributed by atoms with van der Waals surface area (Å²) in [4.78, 5) is 3.84. The third-order valence-corrected chi connectivity index (χ3v) is 3.79. The van der Waals surface area contributed by atoms with Crippen LogP contribution in [0.4, 0.5) is 5.69 Å². The summed E-state index contributed by atoms with van der Waals surface area (Å²) in [7, 11) is -3.77. The van der Waals surface area contributed by atoms with Crippen molar-refractivity contribution in [2.24, 2.45) is 0 Å². The number of aromatic nitrogens is 2. The molecule has 0 aliphatic carbocycles. The van der Waals surface area contributed by atoms with Crippen molar-refractivity contribution in [1.29, 1.82) is 5.26 Å². The lowest BCUT2D eigenvalue weighted by Crippen LogP contribution is -2.14. The smallest absolute Gasteiger partial charge is 0.280 e. The third-order valence-electron chi connectivity index (χ3n) is 2.54. The zero-order chi connectivity index (χ0) is 13.9. The number of nitrogens with zero attached hydrogens (tertiary/aromatic N) is 3. The van der Waals surface area contributed by atoms with Crippen molar-refractivity contribution in [3.8, 4) is 6.07 Å². The quantitative estimate of drug-likeness (QED) is 0.918. The van der Waals surface area contributed by atoms with E-state index < -0.39 is 10.0 Å². The summed E-state index contributed by atoms with van der Waals surface area (Å²) in [5.41, 5.74) is 0.511. The number of hydrogen-bond donors (Lipinski definition) is 1. The molecular formula is C12H12N4O2S. The average Bonchev–Trinajstić information content (AvgIpc) is 2.88. The van der Waals surface area contributed by atoms with Crippen LogP contribution in [-0.4, -0.2) is 18.0 Å². The van der Waals surface area contributed by atoms with Gasteiger partial charge < -0.3 is 4.57 Å². The number of aryl methyl sites for hydroxylation is 1. The highest BCUT2D eigenvalue weighted by Gasteiger charge is 2.18. The minimum Gasteiger partial charge on any atom is -0.336 e. The summed E-state index contributed by atoms with van der Waals surface area (Å²) in [6.45, 7) is 2.52. The highest BCUT2D eigenvalue weighted by molar-refractivity contribution is 7.92. The van der Waals surface area contributed by atoms with E-state index >= 15 is 0 Å². The lowest BCUT2D eigenvalue weighted by Gasteiger charge is -2.06. The summed E-state index contributed by atoms with van der Waals surface area (Å²) in [6, 6.07) is 8.34. The van der Waals surface area contributed by atoms with Gasteiger partial charge in [-0.25, -0.2) is 4.98 Å². The van der Waals surface area contributed by atoms with E-state index in [0.29, 0.717) is 6.54 Å². The van der Waals surface area contributed by atoms with Crippen LogP contribution in [-0.2, 0) is 16.6 Å². The SMILES string of the molecule is CCn1cnc(S(=O)(=O)Nc2ccccc2C#N)c1. The van der Waals surface area contributed by atoms with Crippen molar-refractivity contribution in [3.63, 3.8) is 0 Å². The molecule has 0 amide bonds. The van der Waals surface area contributed by atoms with E-state index in [0.717, 1.165) is 0 Å². The molecule has 0 aliphatic rings. The molecule has 2 rings (SSSR count). The molecule has 0 bridgehead atoms. The van der Waals surface area contributed by atoms with Crippen LogP contribution in [0.2, 0.25) is 0 Å². The van der Waals surface area contributed by atoms with Gasteiger partial charge in [-0.05, 0) is 19.1 Å². The Morgan fingerprint density at radius 3 is 2.79 bits per heavy atom. The summed E-state index contributed by atoms with van der Waals surface area (Å²) in [6.07, 6.45) is 2.89. The first-order valence-electron chi connectivity index (χ1n) is 5.60. The molecule has 1 aromatic carbocycles. The maximum absolute atomic E-state index is 12.1. The van der Waals surface area contributed by atoms with Gasteiger partial charge >= 0.3 is 0 Å². The van der Waals surface area contributed by atoms with Gasteiger partial charge in [-0.3, -0.25) is 4.72 Å². The molecule has 0 unspecified atom stereocenters. The van der Waals surface area contributed by atoms with Crippen LogP contribution < -0.4 is 4.72 Å². The van der Waals surface area contributed by atoms with Crippen LogP contribution in [0.5, 0.6) is 0 Å². The van der Waals surface area contributed by atoms with Crippen LogP contribution >= 0.6 is 0 Å². The first-order chi connectivity index (χ1) is 9.06. The van der Waals surface area contributed by atoms with Gasteiger partial charge in [0.2, 0.25) is 0 Å². The van der Waals surface area contributed by atoms with Crippen LogP contribution in [0, 0.1) is 11.3 Å². The highest BCUT2D eigenvalue weighted by Crippen LogP contribution is 2.18. The van der Waals surface area contributed by atoms with Gasteiger partial charge in [0.15, 0.2) is 5.03 Å². The molecule has 19 heavy (non-hydrogen) atoms. The fourth-order valence-corrected chi connectivity index (χ4v) is 2.55. The molecule has 1 N–H and O–H groups in total. The highest BCUT2D eigenvalue weighted by atomic mass is 32.2. The van der Waals surface area contributed by atoms with E-state index in [4.69, 9.17) is 5.26 Å². The molecule has 98 valence electrons. The molecular weight excluding hydrogens is 264 g/mol. The summed E-state index contributed by atoms with van der Waals surface area (Å²) >= 11 is 0. The number of rotatable bonds is 4.